The molecule has 36 heavy (non-hydrogen) atoms. The average molecular weight is 566 g/mol. The summed E-state index contributed by atoms with van der Waals surface area (Å²) in [6, 6.07) is 10.3. The molecule has 0 amide bonds. The predicted octanol–water partition coefficient (Wildman–Crippen LogP) is 4.62. The summed E-state index contributed by atoms with van der Waals surface area (Å²) in [7, 11) is -3.40. The fourth-order valence-corrected chi connectivity index (χ4v) is 6.50. The maximum atomic E-state index is 14.3. The summed E-state index contributed by atoms with van der Waals surface area (Å²) in [6.07, 6.45) is -0.711. The fraction of sp³-hybridized carbons (Fsp3) is 0.538. The Labute approximate surface area is 226 Å². The molecule has 1 saturated heterocycles. The van der Waals surface area contributed by atoms with Crippen molar-refractivity contribution in [2.75, 3.05) is 23.8 Å². The number of benzene rings is 2. The third kappa shape index (κ3) is 7.96. The average Bonchev–Trinajstić information content (AvgIpc) is 2.74. The van der Waals surface area contributed by atoms with Crippen molar-refractivity contribution >= 4 is 40.3 Å². The molecule has 0 aromatic heterocycles. The van der Waals surface area contributed by atoms with Gasteiger partial charge in [0.1, 0.15) is 17.3 Å². The van der Waals surface area contributed by atoms with E-state index in [4.69, 9.17) is 10.5 Å². The highest BCUT2D eigenvalue weighted by Gasteiger charge is 2.40. The van der Waals surface area contributed by atoms with Gasteiger partial charge in [-0.05, 0) is 54.5 Å². The van der Waals surface area contributed by atoms with Crippen LogP contribution in [-0.2, 0) is 21.7 Å². The maximum absolute atomic E-state index is 14.3. The topological polar surface area (TPSA) is 102 Å². The molecule has 3 rings (SSSR count). The van der Waals surface area contributed by atoms with Gasteiger partial charge in [-0.3, -0.25) is 0 Å². The Kier molecular flexibility index (Phi) is 11.5. The Bertz CT molecular complexity index is 1130. The molecule has 1 heterocycles. The third-order valence-electron chi connectivity index (χ3n) is 6.46. The molecular formula is C26H39Cl2FN2O4S. The molecule has 1 aliphatic rings. The number of ether oxygens (including phenoxy) is 1. The minimum Gasteiger partial charge on any atom is -0.492 e. The van der Waals surface area contributed by atoms with Gasteiger partial charge in [-0.25, -0.2) is 12.8 Å². The van der Waals surface area contributed by atoms with Crippen LogP contribution in [0.4, 0.5) is 10.1 Å². The van der Waals surface area contributed by atoms with Crippen LogP contribution in [0.3, 0.4) is 0 Å². The molecule has 0 radical (unpaired) electrons. The summed E-state index contributed by atoms with van der Waals surface area (Å²) >= 11 is 0. The first-order valence-corrected chi connectivity index (χ1v) is 13.6. The number of hydrogen-bond donors (Lipinski definition) is 3. The van der Waals surface area contributed by atoms with E-state index in [1.54, 1.807) is 13.0 Å². The number of sulfone groups is 1. The Morgan fingerprint density at radius 3 is 2.47 bits per heavy atom. The summed E-state index contributed by atoms with van der Waals surface area (Å²) in [5, 5.41) is 14.5. The molecular weight excluding hydrogens is 526 g/mol. The summed E-state index contributed by atoms with van der Waals surface area (Å²) in [4.78, 5) is 0. The van der Waals surface area contributed by atoms with E-state index in [9.17, 15) is 17.9 Å². The van der Waals surface area contributed by atoms with Gasteiger partial charge in [0, 0.05) is 18.0 Å². The summed E-state index contributed by atoms with van der Waals surface area (Å²) in [5.41, 5.74) is 8.42. The van der Waals surface area contributed by atoms with Crippen molar-refractivity contribution in [3.8, 4) is 5.75 Å². The molecule has 0 saturated carbocycles. The number of hydrogen-bond acceptors (Lipinski definition) is 6. The van der Waals surface area contributed by atoms with E-state index in [0.29, 0.717) is 12.2 Å². The first-order valence-electron chi connectivity index (χ1n) is 11.8. The molecule has 10 heteroatoms. The van der Waals surface area contributed by atoms with Crippen molar-refractivity contribution in [2.24, 2.45) is 5.92 Å². The van der Waals surface area contributed by atoms with Gasteiger partial charge in [0.2, 0.25) is 0 Å². The van der Waals surface area contributed by atoms with Crippen LogP contribution in [0.2, 0.25) is 0 Å². The zero-order valence-corrected chi connectivity index (χ0v) is 23.9. The lowest BCUT2D eigenvalue weighted by Gasteiger charge is -2.37. The van der Waals surface area contributed by atoms with E-state index in [1.165, 1.54) is 11.6 Å². The SMILES string of the molecule is CCOc1cc(C[C@H]2CS(=O)(=O)C[C@@H](N[C@H](C)c3cccc(C(C)(C)C)c3)[C@H]2O)cc(F)c1N.Cl.Cl. The number of rotatable bonds is 7. The molecule has 0 aliphatic carbocycles. The largest absolute Gasteiger partial charge is 0.492 e. The van der Waals surface area contributed by atoms with E-state index in [0.717, 1.165) is 5.56 Å². The van der Waals surface area contributed by atoms with E-state index in [-0.39, 0.29) is 65.6 Å². The molecule has 1 aliphatic heterocycles. The van der Waals surface area contributed by atoms with Crippen LogP contribution in [0, 0.1) is 11.7 Å². The quantitative estimate of drug-likeness (QED) is 0.424. The van der Waals surface area contributed by atoms with Crippen molar-refractivity contribution in [3.05, 3.63) is 58.9 Å². The van der Waals surface area contributed by atoms with Crippen LogP contribution in [0.5, 0.6) is 5.75 Å². The lowest BCUT2D eigenvalue weighted by Crippen LogP contribution is -2.55. The van der Waals surface area contributed by atoms with Crippen LogP contribution in [0.15, 0.2) is 36.4 Å². The smallest absolute Gasteiger partial charge is 0.152 e. The van der Waals surface area contributed by atoms with Crippen molar-refractivity contribution in [1.82, 2.24) is 5.32 Å². The van der Waals surface area contributed by atoms with Gasteiger partial charge in [0.05, 0.1) is 24.2 Å². The van der Waals surface area contributed by atoms with E-state index in [2.05, 4.69) is 38.2 Å². The molecule has 6 nitrogen and oxygen atoms in total. The van der Waals surface area contributed by atoms with Crippen LogP contribution < -0.4 is 15.8 Å². The molecule has 4 atom stereocenters. The van der Waals surface area contributed by atoms with E-state index in [1.807, 2.05) is 19.1 Å². The van der Waals surface area contributed by atoms with Crippen LogP contribution >= 0.6 is 24.8 Å². The summed E-state index contributed by atoms with van der Waals surface area (Å²) in [6.45, 7) is 10.5. The third-order valence-corrected chi connectivity index (χ3v) is 8.27. The van der Waals surface area contributed by atoms with Crippen molar-refractivity contribution in [2.45, 2.75) is 64.6 Å². The zero-order chi connectivity index (χ0) is 25.3. The highest BCUT2D eigenvalue weighted by atomic mass is 35.5. The zero-order valence-electron chi connectivity index (χ0n) is 21.5. The van der Waals surface area contributed by atoms with Crippen molar-refractivity contribution < 1.29 is 22.7 Å². The fourth-order valence-electron chi connectivity index (χ4n) is 4.55. The lowest BCUT2D eigenvalue weighted by molar-refractivity contribution is 0.0747. The first kappa shape index (κ1) is 32.4. The standard InChI is InChI=1S/C26H37FN2O4S.2ClH/c1-6-33-23-12-17(11-21(27)24(23)28)10-19-14-34(31,32)15-22(25(19)30)29-16(2)18-8-7-9-20(13-18)26(3,4)5;;/h7-9,11-13,16,19,22,25,29-30H,6,10,14-15,28H2,1-5H3;2*1H/t16-,19+,22-,25+;;/m1../s1. The maximum Gasteiger partial charge on any atom is 0.152 e. The second kappa shape index (κ2) is 12.8. The molecule has 2 aromatic rings. The number of nitrogen functional groups attached to an aromatic ring is 1. The van der Waals surface area contributed by atoms with Crippen molar-refractivity contribution in [3.63, 3.8) is 0 Å². The Hall–Kier alpha value is -1.58. The Morgan fingerprint density at radius 1 is 1.19 bits per heavy atom. The minimum absolute atomic E-state index is 0. The number of aliphatic hydroxyl groups excluding tert-OH is 1. The highest BCUT2D eigenvalue weighted by molar-refractivity contribution is 7.91. The van der Waals surface area contributed by atoms with Gasteiger partial charge < -0.3 is 20.9 Å². The van der Waals surface area contributed by atoms with Crippen molar-refractivity contribution in [1.29, 1.82) is 0 Å². The number of halogens is 3. The van der Waals surface area contributed by atoms with Crippen LogP contribution in [0.25, 0.3) is 0 Å². The van der Waals surface area contributed by atoms with E-state index >= 15 is 0 Å². The normalized spacial score (nSPS) is 22.1. The number of nitrogens with two attached hydrogens (primary N) is 1. The summed E-state index contributed by atoms with van der Waals surface area (Å²) < 4.78 is 45.2. The number of nitrogens with one attached hydrogen (secondary N) is 1. The molecule has 2 aromatic carbocycles. The number of anilines is 1. The van der Waals surface area contributed by atoms with Gasteiger partial charge in [-0.15, -0.1) is 24.8 Å². The lowest BCUT2D eigenvalue weighted by atomic mass is 9.85. The Balaban J connectivity index is 0.00000324. The summed E-state index contributed by atoms with van der Waals surface area (Å²) in [5.74, 6) is -1.27. The second-order valence-corrected chi connectivity index (χ2v) is 12.5. The molecule has 1 fully saturated rings. The van der Waals surface area contributed by atoms with Crippen LogP contribution in [0.1, 0.15) is 57.4 Å². The van der Waals surface area contributed by atoms with Gasteiger partial charge in [0.15, 0.2) is 9.84 Å². The van der Waals surface area contributed by atoms with Gasteiger partial charge in [-0.2, -0.15) is 0 Å². The molecule has 0 bridgehead atoms. The Morgan fingerprint density at radius 2 is 1.86 bits per heavy atom. The molecule has 4 N–H and O–H groups in total. The highest BCUT2D eigenvalue weighted by Crippen LogP contribution is 2.31. The monoisotopic (exact) mass is 564 g/mol. The van der Waals surface area contributed by atoms with E-state index < -0.39 is 33.7 Å². The van der Waals surface area contributed by atoms with Gasteiger partial charge in [0.25, 0.3) is 0 Å². The first-order chi connectivity index (χ1) is 15.8. The van der Waals surface area contributed by atoms with Gasteiger partial charge in [-0.1, -0.05) is 45.0 Å². The minimum atomic E-state index is -3.40. The van der Waals surface area contributed by atoms with Crippen LogP contribution in [-0.4, -0.2) is 43.8 Å². The number of aliphatic hydroxyl groups is 1. The second-order valence-electron chi connectivity index (χ2n) is 10.3. The molecule has 204 valence electrons. The molecule has 0 unspecified atom stereocenters. The molecule has 0 spiro atoms. The van der Waals surface area contributed by atoms with Gasteiger partial charge >= 0.3 is 0 Å². The predicted molar refractivity (Wildman–Crippen MR) is 149 cm³/mol.